The number of hydrogen-bond acceptors (Lipinski definition) is 2. The maximum absolute atomic E-state index is 13.0. The molecule has 0 bridgehead atoms. The number of aliphatic hydroxyl groups excluding tert-OH is 1. The van der Waals surface area contributed by atoms with E-state index in [2.05, 4.69) is 0 Å². The van der Waals surface area contributed by atoms with Crippen LogP contribution in [0.25, 0.3) is 0 Å². The zero-order valence-corrected chi connectivity index (χ0v) is 8.82. The molecule has 0 fully saturated rings. The lowest BCUT2D eigenvalue weighted by atomic mass is 10.1. The largest absolute Gasteiger partial charge is 0.388 e. The lowest BCUT2D eigenvalue weighted by Gasteiger charge is -2.11. The molecule has 1 unspecified atom stereocenters. The zero-order chi connectivity index (χ0) is 10.7. The van der Waals surface area contributed by atoms with Crippen LogP contribution in [0.15, 0.2) is 12.1 Å². The van der Waals surface area contributed by atoms with Crippen molar-refractivity contribution in [3.8, 4) is 0 Å². The summed E-state index contributed by atoms with van der Waals surface area (Å²) in [5.41, 5.74) is 5.58. The summed E-state index contributed by atoms with van der Waals surface area (Å²) >= 11 is 11.3. The Labute approximate surface area is 91.4 Å². The maximum Gasteiger partial charge on any atom is 0.142 e. The Morgan fingerprint density at radius 3 is 2.57 bits per heavy atom. The van der Waals surface area contributed by atoms with Crippen LogP contribution >= 0.6 is 23.2 Å². The molecule has 0 aliphatic rings. The van der Waals surface area contributed by atoms with E-state index in [-0.39, 0.29) is 10.0 Å². The number of rotatable bonds is 3. The zero-order valence-electron chi connectivity index (χ0n) is 7.30. The van der Waals surface area contributed by atoms with Crippen molar-refractivity contribution < 1.29 is 9.50 Å². The smallest absolute Gasteiger partial charge is 0.142 e. The predicted molar refractivity (Wildman–Crippen MR) is 55.1 cm³/mol. The van der Waals surface area contributed by atoms with Crippen molar-refractivity contribution >= 4 is 23.2 Å². The van der Waals surface area contributed by atoms with Gasteiger partial charge in [0.05, 0.1) is 11.1 Å². The first-order valence-corrected chi connectivity index (χ1v) is 4.84. The van der Waals surface area contributed by atoms with Gasteiger partial charge in [-0.1, -0.05) is 23.2 Å². The van der Waals surface area contributed by atoms with Gasteiger partial charge in [0.2, 0.25) is 0 Å². The maximum atomic E-state index is 13.0. The van der Waals surface area contributed by atoms with Crippen molar-refractivity contribution in [1.82, 2.24) is 0 Å². The van der Waals surface area contributed by atoms with Gasteiger partial charge in [-0.05, 0) is 25.1 Å². The Morgan fingerprint density at radius 1 is 1.36 bits per heavy atom. The molecule has 0 heterocycles. The second-order valence-corrected chi connectivity index (χ2v) is 3.70. The molecule has 0 saturated carbocycles. The molecule has 14 heavy (non-hydrogen) atoms. The summed E-state index contributed by atoms with van der Waals surface area (Å²) in [5.74, 6) is -0.595. The molecule has 0 amide bonds. The third kappa shape index (κ3) is 2.58. The topological polar surface area (TPSA) is 46.2 Å². The van der Waals surface area contributed by atoms with Crippen LogP contribution in [0.2, 0.25) is 10.0 Å². The van der Waals surface area contributed by atoms with E-state index in [1.54, 1.807) is 0 Å². The standard InChI is InChI=1S/C9H10Cl2FNO/c10-6-4-7(11)8(12)3-5(6)9(14)1-2-13/h3-4,9,14H,1-2,13H2. The van der Waals surface area contributed by atoms with Crippen LogP contribution in [0.4, 0.5) is 4.39 Å². The summed E-state index contributed by atoms with van der Waals surface area (Å²) in [6.45, 7) is 0.307. The first kappa shape index (κ1) is 11.7. The SMILES string of the molecule is NCCC(O)c1cc(F)c(Cl)cc1Cl. The minimum absolute atomic E-state index is 0.0568. The summed E-state index contributed by atoms with van der Waals surface area (Å²) in [6, 6.07) is 2.40. The number of benzene rings is 1. The number of halogens is 3. The Morgan fingerprint density at radius 2 is 2.00 bits per heavy atom. The second kappa shape index (κ2) is 4.94. The van der Waals surface area contributed by atoms with E-state index in [0.29, 0.717) is 18.5 Å². The van der Waals surface area contributed by atoms with Crippen LogP contribution < -0.4 is 5.73 Å². The molecular formula is C9H10Cl2FNO. The van der Waals surface area contributed by atoms with E-state index < -0.39 is 11.9 Å². The summed E-state index contributed by atoms with van der Waals surface area (Å²) in [5, 5.41) is 9.73. The number of hydrogen-bond donors (Lipinski definition) is 2. The lowest BCUT2D eigenvalue weighted by Crippen LogP contribution is -2.07. The summed E-state index contributed by atoms with van der Waals surface area (Å²) in [7, 11) is 0. The van der Waals surface area contributed by atoms with E-state index >= 15 is 0 Å². The minimum atomic E-state index is -0.848. The quantitative estimate of drug-likeness (QED) is 0.794. The molecular weight excluding hydrogens is 228 g/mol. The lowest BCUT2D eigenvalue weighted by molar-refractivity contribution is 0.170. The molecule has 2 nitrogen and oxygen atoms in total. The molecule has 1 aromatic carbocycles. The van der Waals surface area contributed by atoms with Gasteiger partial charge in [0.1, 0.15) is 5.82 Å². The van der Waals surface area contributed by atoms with E-state index in [1.807, 2.05) is 0 Å². The average Bonchev–Trinajstić information content (AvgIpc) is 2.11. The van der Waals surface area contributed by atoms with Crippen LogP contribution in [0.3, 0.4) is 0 Å². The monoisotopic (exact) mass is 237 g/mol. The highest BCUT2D eigenvalue weighted by molar-refractivity contribution is 6.35. The van der Waals surface area contributed by atoms with Gasteiger partial charge in [0, 0.05) is 10.6 Å². The Bertz CT molecular complexity index is 333. The van der Waals surface area contributed by atoms with Crippen molar-refractivity contribution in [3.63, 3.8) is 0 Å². The van der Waals surface area contributed by atoms with E-state index in [4.69, 9.17) is 28.9 Å². The molecule has 0 spiro atoms. The highest BCUT2D eigenvalue weighted by Gasteiger charge is 2.13. The Balaban J connectivity index is 3.02. The molecule has 3 N–H and O–H groups in total. The van der Waals surface area contributed by atoms with Gasteiger partial charge in [-0.3, -0.25) is 0 Å². The van der Waals surface area contributed by atoms with Crippen molar-refractivity contribution in [1.29, 1.82) is 0 Å². The summed E-state index contributed by atoms with van der Waals surface area (Å²) in [4.78, 5) is 0. The van der Waals surface area contributed by atoms with E-state index in [9.17, 15) is 9.50 Å². The van der Waals surface area contributed by atoms with Gasteiger partial charge in [-0.25, -0.2) is 4.39 Å². The molecule has 0 aliphatic heterocycles. The average molecular weight is 238 g/mol. The molecule has 0 aromatic heterocycles. The fourth-order valence-corrected chi connectivity index (χ4v) is 1.62. The molecule has 1 rings (SSSR count). The van der Waals surface area contributed by atoms with Gasteiger partial charge in [0.15, 0.2) is 0 Å². The number of aliphatic hydroxyl groups is 1. The van der Waals surface area contributed by atoms with E-state index in [1.165, 1.54) is 6.07 Å². The third-order valence-electron chi connectivity index (χ3n) is 1.84. The van der Waals surface area contributed by atoms with Crippen LogP contribution in [0.1, 0.15) is 18.1 Å². The fourth-order valence-electron chi connectivity index (χ4n) is 1.11. The molecule has 0 saturated heterocycles. The highest BCUT2D eigenvalue weighted by atomic mass is 35.5. The first-order chi connectivity index (χ1) is 6.56. The molecule has 5 heteroatoms. The molecule has 78 valence electrons. The van der Waals surface area contributed by atoms with Crippen molar-refractivity contribution in [2.24, 2.45) is 5.73 Å². The Hall–Kier alpha value is -0.350. The summed E-state index contributed by atoms with van der Waals surface area (Å²) < 4.78 is 13.0. The normalized spacial score (nSPS) is 12.9. The van der Waals surface area contributed by atoms with Gasteiger partial charge < -0.3 is 10.8 Å². The molecule has 1 aromatic rings. The van der Waals surface area contributed by atoms with Crippen molar-refractivity contribution in [3.05, 3.63) is 33.6 Å². The van der Waals surface area contributed by atoms with Crippen LogP contribution in [0, 0.1) is 5.82 Å². The molecule has 0 aliphatic carbocycles. The fraction of sp³-hybridized carbons (Fsp3) is 0.333. The Kier molecular flexibility index (Phi) is 4.13. The van der Waals surface area contributed by atoms with Crippen LogP contribution in [-0.2, 0) is 0 Å². The van der Waals surface area contributed by atoms with Gasteiger partial charge in [0.25, 0.3) is 0 Å². The van der Waals surface area contributed by atoms with Gasteiger partial charge in [-0.2, -0.15) is 0 Å². The van der Waals surface area contributed by atoms with Crippen LogP contribution in [0.5, 0.6) is 0 Å². The van der Waals surface area contributed by atoms with E-state index in [0.717, 1.165) is 6.07 Å². The van der Waals surface area contributed by atoms with Crippen LogP contribution in [-0.4, -0.2) is 11.7 Å². The third-order valence-corrected chi connectivity index (χ3v) is 2.46. The van der Waals surface area contributed by atoms with Crippen molar-refractivity contribution in [2.75, 3.05) is 6.54 Å². The van der Waals surface area contributed by atoms with Gasteiger partial charge in [-0.15, -0.1) is 0 Å². The predicted octanol–water partition coefficient (Wildman–Crippen LogP) is 2.51. The van der Waals surface area contributed by atoms with Crippen molar-refractivity contribution in [2.45, 2.75) is 12.5 Å². The summed E-state index contributed by atoms with van der Waals surface area (Å²) in [6.07, 6.45) is -0.514. The van der Waals surface area contributed by atoms with Gasteiger partial charge >= 0.3 is 0 Å². The highest BCUT2D eigenvalue weighted by Crippen LogP contribution is 2.29. The molecule has 0 radical (unpaired) electrons. The molecule has 1 atom stereocenters. The first-order valence-electron chi connectivity index (χ1n) is 4.09. The number of nitrogens with two attached hydrogens (primary N) is 1. The minimum Gasteiger partial charge on any atom is -0.388 e. The second-order valence-electron chi connectivity index (χ2n) is 2.88.